The van der Waals surface area contributed by atoms with Crippen LogP contribution >= 0.6 is 0 Å². The first-order valence-corrected chi connectivity index (χ1v) is 19.8. The fraction of sp³-hybridized carbons (Fsp3) is 0.619. The number of halogens is 3. The summed E-state index contributed by atoms with van der Waals surface area (Å²) in [5.74, 6) is -1.84. The number of alkyl halides is 2. The molecule has 4 saturated carbocycles. The second kappa shape index (κ2) is 13.8. The van der Waals surface area contributed by atoms with Gasteiger partial charge in [-0.2, -0.15) is 5.10 Å². The van der Waals surface area contributed by atoms with Crippen LogP contribution in [-0.2, 0) is 11.2 Å². The van der Waals surface area contributed by atoms with Gasteiger partial charge >= 0.3 is 0 Å². The van der Waals surface area contributed by atoms with Crippen LogP contribution in [0.4, 0.5) is 13.2 Å². The minimum atomic E-state index is -2.53. The van der Waals surface area contributed by atoms with E-state index in [0.29, 0.717) is 98.1 Å². The number of aliphatic hydroxyl groups is 1. The number of fused-ring (bicyclic) bond motifs is 6. The smallest absolute Gasteiger partial charge is 0.272 e. The third-order valence-electron chi connectivity index (χ3n) is 14.5. The molecular weight excluding hydrogens is 681 g/mol. The Hall–Kier alpha value is -3.73. The molecule has 7 atom stereocenters. The molecule has 8 rings (SSSR count). The minimum Gasteiger partial charge on any atom is -0.390 e. The molecule has 8 nitrogen and oxygen atoms in total. The molecule has 0 spiro atoms. The summed E-state index contributed by atoms with van der Waals surface area (Å²) in [6.45, 7) is 3.61. The Balaban J connectivity index is 0.829. The quantitative estimate of drug-likeness (QED) is 0.269. The SMILES string of the molecule is C[C@]12CCC(F)(F)CC1CC[C@H]1C3CC[C@@](O)(CCCC(=O)N4CCN(C(=O)c5cc(Cc6n[nH]c(=O)c7ccccc67)ccc5F)CC4)[C@H]3CCC12. The van der Waals surface area contributed by atoms with Crippen molar-refractivity contribution < 1.29 is 27.9 Å². The second-order valence-electron chi connectivity index (χ2n) is 17.2. The summed E-state index contributed by atoms with van der Waals surface area (Å²) in [6.07, 6.45) is 8.00. The number of nitrogens with zero attached hydrogens (tertiary/aromatic N) is 3. The summed E-state index contributed by atoms with van der Waals surface area (Å²) in [7, 11) is 0. The molecule has 3 unspecified atom stereocenters. The molecule has 11 heteroatoms. The average Bonchev–Trinajstić information content (AvgIpc) is 3.50. The zero-order valence-electron chi connectivity index (χ0n) is 30.6. The lowest BCUT2D eigenvalue weighted by Crippen LogP contribution is -2.54. The van der Waals surface area contributed by atoms with Crippen molar-refractivity contribution in [2.75, 3.05) is 26.2 Å². The number of rotatable bonds is 7. The van der Waals surface area contributed by atoms with Crippen LogP contribution in [0, 0.1) is 40.8 Å². The van der Waals surface area contributed by atoms with Crippen LogP contribution in [0.5, 0.6) is 0 Å². The number of benzene rings is 2. The number of piperazine rings is 1. The molecule has 2 N–H and O–H groups in total. The van der Waals surface area contributed by atoms with E-state index < -0.39 is 23.2 Å². The van der Waals surface area contributed by atoms with Gasteiger partial charge in [0, 0.05) is 57.2 Å². The molecule has 2 heterocycles. The van der Waals surface area contributed by atoms with Crippen LogP contribution in [0.25, 0.3) is 10.8 Å². The van der Waals surface area contributed by atoms with E-state index in [2.05, 4.69) is 17.1 Å². The lowest BCUT2D eigenvalue weighted by Gasteiger charge is -2.59. The highest BCUT2D eigenvalue weighted by molar-refractivity contribution is 5.95. The first-order valence-electron chi connectivity index (χ1n) is 19.8. The van der Waals surface area contributed by atoms with Crippen LogP contribution in [0.15, 0.2) is 47.3 Å². The predicted octanol–water partition coefficient (Wildman–Crippen LogP) is 7.13. The van der Waals surface area contributed by atoms with Crippen molar-refractivity contribution >= 4 is 22.6 Å². The summed E-state index contributed by atoms with van der Waals surface area (Å²) in [5, 5.41) is 19.9. The Morgan fingerprint density at radius 1 is 0.906 bits per heavy atom. The van der Waals surface area contributed by atoms with Gasteiger partial charge in [-0.1, -0.05) is 31.2 Å². The third kappa shape index (κ3) is 6.69. The zero-order chi connectivity index (χ0) is 37.1. The molecule has 5 fully saturated rings. The van der Waals surface area contributed by atoms with Gasteiger partial charge in [-0.05, 0) is 117 Å². The topological polar surface area (TPSA) is 107 Å². The highest BCUT2D eigenvalue weighted by atomic mass is 19.3. The number of aromatic amines is 1. The molecule has 5 aliphatic rings. The molecule has 4 aliphatic carbocycles. The average molecular weight is 733 g/mol. The fourth-order valence-corrected chi connectivity index (χ4v) is 11.7. The van der Waals surface area contributed by atoms with E-state index in [4.69, 9.17) is 0 Å². The highest BCUT2D eigenvalue weighted by Crippen LogP contribution is 2.66. The molecule has 0 radical (unpaired) electrons. The lowest BCUT2D eigenvalue weighted by atomic mass is 9.46. The van der Waals surface area contributed by atoms with E-state index in [1.807, 2.05) is 12.1 Å². The van der Waals surface area contributed by atoms with Gasteiger partial charge in [-0.15, -0.1) is 0 Å². The van der Waals surface area contributed by atoms with Crippen LogP contribution in [0.1, 0.15) is 106 Å². The maximum absolute atomic E-state index is 15.0. The summed E-state index contributed by atoms with van der Waals surface area (Å²) in [5.41, 5.74) is 0.195. The third-order valence-corrected chi connectivity index (χ3v) is 14.5. The standard InChI is InChI=1S/C42H51F3N4O4/c1-40-17-18-42(44,45)25-27(40)9-10-28-29-14-16-41(53,34(29)12-11-33(28)40)15-4-7-37(50)48-19-21-49(22-20-48)39(52)32-23-26(8-13-35(32)43)24-36-30-5-2-3-6-31(30)38(51)47-46-36/h2-3,5-6,8,13,23,27-29,33-34,53H,4,7,9-12,14-22,24-25H2,1H3,(H,47,51)/t27?,28-,29?,33?,34-,40-,41-/m0/s1. The number of nitrogens with one attached hydrogen (secondary N) is 1. The molecule has 2 amide bonds. The molecule has 0 bridgehead atoms. The molecule has 2 aromatic carbocycles. The van der Waals surface area contributed by atoms with Gasteiger partial charge in [-0.3, -0.25) is 14.4 Å². The Bertz CT molecular complexity index is 1940. The first kappa shape index (κ1) is 36.3. The van der Waals surface area contributed by atoms with Gasteiger partial charge in [0.05, 0.1) is 22.2 Å². The number of hydrogen-bond donors (Lipinski definition) is 2. The van der Waals surface area contributed by atoms with Crippen molar-refractivity contribution in [3.05, 3.63) is 75.5 Å². The zero-order valence-corrected chi connectivity index (χ0v) is 30.6. The minimum absolute atomic E-state index is 0.00376. The van der Waals surface area contributed by atoms with E-state index in [-0.39, 0.29) is 47.1 Å². The van der Waals surface area contributed by atoms with Gasteiger partial charge in [0.1, 0.15) is 5.82 Å². The second-order valence-corrected chi connectivity index (χ2v) is 17.2. The molecule has 3 aromatic rings. The van der Waals surface area contributed by atoms with Crippen molar-refractivity contribution in [1.29, 1.82) is 0 Å². The van der Waals surface area contributed by atoms with Gasteiger partial charge in [0.15, 0.2) is 0 Å². The molecular formula is C42H51F3N4O4. The van der Waals surface area contributed by atoms with Crippen LogP contribution in [0.2, 0.25) is 0 Å². The predicted molar refractivity (Wildman–Crippen MR) is 195 cm³/mol. The highest BCUT2D eigenvalue weighted by Gasteiger charge is 2.60. The van der Waals surface area contributed by atoms with Gasteiger partial charge in [0.2, 0.25) is 11.8 Å². The number of carbonyl (C=O) groups is 2. The van der Waals surface area contributed by atoms with Crippen molar-refractivity contribution in [3.63, 3.8) is 0 Å². The normalized spacial score (nSPS) is 32.2. The van der Waals surface area contributed by atoms with Crippen molar-refractivity contribution in [2.24, 2.45) is 35.0 Å². The Labute approximate surface area is 308 Å². The summed E-state index contributed by atoms with van der Waals surface area (Å²) in [6, 6.07) is 11.6. The van der Waals surface area contributed by atoms with E-state index in [1.54, 1.807) is 34.1 Å². The van der Waals surface area contributed by atoms with Gasteiger partial charge < -0.3 is 14.9 Å². The van der Waals surface area contributed by atoms with Crippen molar-refractivity contribution in [1.82, 2.24) is 20.0 Å². The molecule has 1 aromatic heterocycles. The lowest BCUT2D eigenvalue weighted by molar-refractivity contribution is -0.160. The number of hydrogen-bond acceptors (Lipinski definition) is 5. The van der Waals surface area contributed by atoms with Crippen LogP contribution in [0.3, 0.4) is 0 Å². The number of H-pyrrole nitrogens is 1. The van der Waals surface area contributed by atoms with Gasteiger partial charge in [0.25, 0.3) is 11.5 Å². The van der Waals surface area contributed by atoms with Crippen molar-refractivity contribution in [2.45, 2.75) is 102 Å². The number of aromatic nitrogens is 2. The maximum atomic E-state index is 15.0. The molecule has 1 saturated heterocycles. The number of carbonyl (C=O) groups excluding carboxylic acids is 2. The molecule has 53 heavy (non-hydrogen) atoms. The summed E-state index contributed by atoms with van der Waals surface area (Å²) in [4.78, 5) is 42.3. The van der Waals surface area contributed by atoms with Gasteiger partial charge in [-0.25, -0.2) is 18.3 Å². The Morgan fingerprint density at radius 2 is 1.62 bits per heavy atom. The number of amides is 2. The van der Waals surface area contributed by atoms with E-state index in [9.17, 15) is 32.7 Å². The Kier molecular flexibility index (Phi) is 9.47. The van der Waals surface area contributed by atoms with E-state index in [0.717, 1.165) is 38.5 Å². The monoisotopic (exact) mass is 732 g/mol. The first-order chi connectivity index (χ1) is 25.3. The maximum Gasteiger partial charge on any atom is 0.272 e. The van der Waals surface area contributed by atoms with Crippen LogP contribution in [-0.4, -0.2) is 74.6 Å². The van der Waals surface area contributed by atoms with Crippen LogP contribution < -0.4 is 5.56 Å². The Morgan fingerprint density at radius 3 is 2.42 bits per heavy atom. The van der Waals surface area contributed by atoms with E-state index >= 15 is 0 Å². The largest absolute Gasteiger partial charge is 0.390 e. The fourth-order valence-electron chi connectivity index (χ4n) is 11.7. The molecule has 284 valence electrons. The van der Waals surface area contributed by atoms with Crippen molar-refractivity contribution in [3.8, 4) is 0 Å². The molecule has 1 aliphatic heterocycles. The van der Waals surface area contributed by atoms with E-state index in [1.165, 1.54) is 6.07 Å². The summed E-state index contributed by atoms with van der Waals surface area (Å²) < 4.78 is 43.6. The summed E-state index contributed by atoms with van der Waals surface area (Å²) >= 11 is 0.